The maximum atomic E-state index is 12.0. The van der Waals surface area contributed by atoms with E-state index in [0.717, 1.165) is 12.8 Å². The van der Waals surface area contributed by atoms with Crippen LogP contribution in [0.15, 0.2) is 15.5 Å². The van der Waals surface area contributed by atoms with E-state index in [9.17, 15) is 4.79 Å². The van der Waals surface area contributed by atoms with Gasteiger partial charge in [0, 0.05) is 26.2 Å². The predicted octanol–water partition coefficient (Wildman–Crippen LogP) is 1.19. The molecule has 1 aromatic heterocycles. The van der Waals surface area contributed by atoms with Crippen LogP contribution in [0.2, 0.25) is 0 Å². The van der Waals surface area contributed by atoms with E-state index in [1.165, 1.54) is 4.68 Å². The Balaban J connectivity index is 2.51. The Morgan fingerprint density at radius 1 is 1.50 bits per heavy atom. The molecule has 0 radical (unpaired) electrons. The highest BCUT2D eigenvalue weighted by molar-refractivity contribution is 9.10. The van der Waals surface area contributed by atoms with Gasteiger partial charge < -0.3 is 15.7 Å². The fraction of sp³-hybridized carbons (Fsp3) is 0.692. The molecule has 0 aromatic carbocycles. The number of hydrogen-bond donors (Lipinski definition) is 3. The number of aliphatic hydroxyl groups excluding tert-OH is 1. The molecule has 7 heteroatoms. The Bertz CT molecular complexity index is 462. The van der Waals surface area contributed by atoms with E-state index in [1.807, 2.05) is 0 Å². The third-order valence-electron chi connectivity index (χ3n) is 2.77. The van der Waals surface area contributed by atoms with Crippen LogP contribution < -0.4 is 16.2 Å². The monoisotopic (exact) mass is 346 g/mol. The second-order valence-corrected chi connectivity index (χ2v) is 5.53. The van der Waals surface area contributed by atoms with Crippen molar-refractivity contribution in [3.63, 3.8) is 0 Å². The van der Waals surface area contributed by atoms with E-state index in [-0.39, 0.29) is 11.7 Å². The summed E-state index contributed by atoms with van der Waals surface area (Å²) in [4.78, 5) is 12.0. The van der Waals surface area contributed by atoms with Crippen LogP contribution in [-0.4, -0.2) is 40.6 Å². The number of unbranched alkanes of at least 4 members (excludes halogenated alkanes) is 1. The van der Waals surface area contributed by atoms with E-state index in [4.69, 9.17) is 5.11 Å². The first kappa shape index (κ1) is 17.1. The molecule has 0 aliphatic carbocycles. The molecule has 1 aromatic rings. The van der Waals surface area contributed by atoms with E-state index in [1.54, 1.807) is 13.1 Å². The van der Waals surface area contributed by atoms with E-state index in [0.29, 0.717) is 36.3 Å². The van der Waals surface area contributed by atoms with Crippen molar-refractivity contribution in [3.8, 4) is 0 Å². The molecule has 20 heavy (non-hydrogen) atoms. The Hall–Kier alpha value is -0.920. The number of hydrogen-bond acceptors (Lipinski definition) is 5. The molecule has 1 rings (SSSR count). The van der Waals surface area contributed by atoms with Crippen LogP contribution in [0.25, 0.3) is 0 Å². The average molecular weight is 347 g/mol. The second-order valence-electron chi connectivity index (χ2n) is 4.73. The molecule has 0 fully saturated rings. The first-order chi connectivity index (χ1) is 9.56. The van der Waals surface area contributed by atoms with Crippen LogP contribution in [0.1, 0.15) is 26.7 Å². The lowest BCUT2D eigenvalue weighted by molar-refractivity contribution is 0.192. The van der Waals surface area contributed by atoms with Crippen molar-refractivity contribution in [1.82, 2.24) is 15.1 Å². The lowest BCUT2D eigenvalue weighted by Crippen LogP contribution is -2.30. The Labute approximate surface area is 127 Å². The second kappa shape index (κ2) is 9.10. The lowest BCUT2D eigenvalue weighted by Gasteiger charge is -2.11. The van der Waals surface area contributed by atoms with Gasteiger partial charge in [-0.15, -0.1) is 0 Å². The van der Waals surface area contributed by atoms with Gasteiger partial charge in [0.05, 0.1) is 18.0 Å². The number of aryl methyl sites for hydroxylation is 1. The normalized spacial score (nSPS) is 12.4. The molecule has 1 atom stereocenters. The molecule has 0 saturated heterocycles. The molecule has 1 unspecified atom stereocenters. The molecule has 0 amide bonds. The summed E-state index contributed by atoms with van der Waals surface area (Å²) in [6, 6.07) is 0. The molecule has 0 spiro atoms. The predicted molar refractivity (Wildman–Crippen MR) is 84.1 cm³/mol. The number of nitrogens with one attached hydrogen (secondary N) is 2. The maximum Gasteiger partial charge on any atom is 0.283 e. The van der Waals surface area contributed by atoms with Crippen molar-refractivity contribution >= 4 is 21.6 Å². The first-order valence-corrected chi connectivity index (χ1v) is 7.73. The summed E-state index contributed by atoms with van der Waals surface area (Å²) in [6.07, 6.45) is 3.28. The van der Waals surface area contributed by atoms with Gasteiger partial charge in [-0.05, 0) is 29.3 Å². The average Bonchev–Trinajstić information content (AvgIpc) is 2.41. The zero-order valence-electron chi connectivity index (χ0n) is 12.0. The summed E-state index contributed by atoms with van der Waals surface area (Å²) in [6.45, 7) is 6.37. The van der Waals surface area contributed by atoms with E-state index >= 15 is 0 Å². The van der Waals surface area contributed by atoms with E-state index < -0.39 is 0 Å². The van der Waals surface area contributed by atoms with Crippen molar-refractivity contribution < 1.29 is 5.11 Å². The summed E-state index contributed by atoms with van der Waals surface area (Å²) in [7, 11) is 0. The minimum atomic E-state index is -0.356. The van der Waals surface area contributed by atoms with Gasteiger partial charge in [0.15, 0.2) is 0 Å². The van der Waals surface area contributed by atoms with Crippen LogP contribution in [0.4, 0.5) is 5.69 Å². The minimum absolute atomic E-state index is 0.111. The molecule has 0 aliphatic rings. The van der Waals surface area contributed by atoms with Gasteiger partial charge in [-0.1, -0.05) is 13.3 Å². The summed E-state index contributed by atoms with van der Waals surface area (Å²) in [5, 5.41) is 19.5. The van der Waals surface area contributed by atoms with Crippen LogP contribution in [-0.2, 0) is 6.54 Å². The zero-order chi connectivity index (χ0) is 15.0. The Morgan fingerprint density at radius 2 is 2.25 bits per heavy atom. The van der Waals surface area contributed by atoms with Gasteiger partial charge >= 0.3 is 0 Å². The van der Waals surface area contributed by atoms with Gasteiger partial charge in [-0.25, -0.2) is 4.68 Å². The van der Waals surface area contributed by atoms with Gasteiger partial charge in [-0.3, -0.25) is 4.79 Å². The topological polar surface area (TPSA) is 79.2 Å². The number of rotatable bonds is 9. The fourth-order valence-electron chi connectivity index (χ4n) is 1.65. The number of halogens is 1. The fourth-order valence-corrected chi connectivity index (χ4v) is 2.10. The molecule has 1 heterocycles. The molecule has 114 valence electrons. The summed E-state index contributed by atoms with van der Waals surface area (Å²) in [5.41, 5.74) is 0.585. The lowest BCUT2D eigenvalue weighted by atomic mass is 10.3. The molecular formula is C13H23BrN4O2. The first-order valence-electron chi connectivity index (χ1n) is 6.94. The van der Waals surface area contributed by atoms with Gasteiger partial charge in [0.1, 0.15) is 4.47 Å². The summed E-state index contributed by atoms with van der Waals surface area (Å²) >= 11 is 3.32. The minimum Gasteiger partial charge on any atom is -0.392 e. The van der Waals surface area contributed by atoms with Gasteiger partial charge in [0.25, 0.3) is 5.56 Å². The van der Waals surface area contributed by atoms with E-state index in [2.05, 4.69) is 38.6 Å². The smallest absolute Gasteiger partial charge is 0.283 e. The third kappa shape index (κ3) is 5.60. The molecule has 6 nitrogen and oxygen atoms in total. The third-order valence-corrected chi connectivity index (χ3v) is 3.53. The van der Waals surface area contributed by atoms with Crippen molar-refractivity contribution in [1.29, 1.82) is 0 Å². The molecular weight excluding hydrogens is 324 g/mol. The van der Waals surface area contributed by atoms with Crippen LogP contribution in [0, 0.1) is 0 Å². The highest BCUT2D eigenvalue weighted by Gasteiger charge is 2.07. The molecule has 0 bridgehead atoms. The van der Waals surface area contributed by atoms with Gasteiger partial charge in [0.2, 0.25) is 0 Å². The number of aromatic nitrogens is 2. The number of anilines is 1. The maximum absolute atomic E-state index is 12.0. The Kier molecular flexibility index (Phi) is 7.79. The zero-order valence-corrected chi connectivity index (χ0v) is 13.6. The van der Waals surface area contributed by atoms with Crippen molar-refractivity contribution in [2.45, 2.75) is 39.3 Å². The summed E-state index contributed by atoms with van der Waals surface area (Å²) < 4.78 is 1.99. The standard InChI is InChI=1S/C13H23BrN4O2/c1-3-4-7-18-13(20)12(14)11(9-17-18)16-6-5-15-8-10(2)19/h9-10,15-16,19H,3-8H2,1-2H3. The highest BCUT2D eigenvalue weighted by atomic mass is 79.9. The van der Waals surface area contributed by atoms with Crippen LogP contribution in [0.3, 0.4) is 0 Å². The largest absolute Gasteiger partial charge is 0.392 e. The van der Waals surface area contributed by atoms with Gasteiger partial charge in [-0.2, -0.15) is 5.10 Å². The van der Waals surface area contributed by atoms with Crippen LogP contribution >= 0.6 is 15.9 Å². The van der Waals surface area contributed by atoms with Crippen molar-refractivity contribution in [3.05, 3.63) is 21.0 Å². The van der Waals surface area contributed by atoms with Crippen molar-refractivity contribution in [2.75, 3.05) is 25.0 Å². The van der Waals surface area contributed by atoms with Crippen molar-refractivity contribution in [2.24, 2.45) is 0 Å². The quantitative estimate of drug-likeness (QED) is 0.585. The molecule has 0 saturated carbocycles. The number of aliphatic hydroxyl groups is 1. The molecule has 0 aliphatic heterocycles. The number of nitrogens with zero attached hydrogens (tertiary/aromatic N) is 2. The highest BCUT2D eigenvalue weighted by Crippen LogP contribution is 2.15. The van der Waals surface area contributed by atoms with Crippen LogP contribution in [0.5, 0.6) is 0 Å². The summed E-state index contributed by atoms with van der Waals surface area (Å²) in [5.74, 6) is 0. The SMILES string of the molecule is CCCCn1ncc(NCCNCC(C)O)c(Br)c1=O. The molecule has 3 N–H and O–H groups in total. The Morgan fingerprint density at radius 3 is 2.90 bits per heavy atom.